The predicted octanol–water partition coefficient (Wildman–Crippen LogP) is 0.950. The second-order valence-corrected chi connectivity index (χ2v) is 4.16. The number of hydrogen-bond acceptors (Lipinski definition) is 5. The van der Waals surface area contributed by atoms with Crippen molar-refractivity contribution in [2.75, 3.05) is 27.4 Å². The van der Waals surface area contributed by atoms with Gasteiger partial charge in [0.15, 0.2) is 5.78 Å². The highest BCUT2D eigenvalue weighted by Crippen LogP contribution is 2.29. The standard InChI is InChI=1S/C12H20O5/c1-4-9(11(14)15-2)10(13)12(16-3)5-7-17-8-6-12/h9H,4-8H2,1-3H3. The second kappa shape index (κ2) is 6.12. The van der Waals surface area contributed by atoms with Crippen molar-refractivity contribution in [3.63, 3.8) is 0 Å². The van der Waals surface area contributed by atoms with E-state index in [0.717, 1.165) is 0 Å². The molecule has 1 unspecified atom stereocenters. The minimum Gasteiger partial charge on any atom is -0.468 e. The van der Waals surface area contributed by atoms with Crippen molar-refractivity contribution in [2.24, 2.45) is 5.92 Å². The van der Waals surface area contributed by atoms with Crippen LogP contribution in [0, 0.1) is 5.92 Å². The van der Waals surface area contributed by atoms with E-state index in [1.165, 1.54) is 14.2 Å². The van der Waals surface area contributed by atoms with E-state index in [2.05, 4.69) is 4.74 Å². The fraction of sp³-hybridized carbons (Fsp3) is 0.833. The van der Waals surface area contributed by atoms with E-state index in [-0.39, 0.29) is 5.78 Å². The normalized spacial score (nSPS) is 20.6. The van der Waals surface area contributed by atoms with E-state index in [4.69, 9.17) is 9.47 Å². The first-order valence-electron chi connectivity index (χ1n) is 5.86. The van der Waals surface area contributed by atoms with E-state index in [1.807, 2.05) is 0 Å². The maximum Gasteiger partial charge on any atom is 0.316 e. The first-order chi connectivity index (χ1) is 8.11. The van der Waals surface area contributed by atoms with Crippen molar-refractivity contribution in [2.45, 2.75) is 31.8 Å². The minimum atomic E-state index is -0.882. The minimum absolute atomic E-state index is 0.183. The molecule has 0 bridgehead atoms. The summed E-state index contributed by atoms with van der Waals surface area (Å²) in [6, 6.07) is 0. The Morgan fingerprint density at radius 1 is 1.29 bits per heavy atom. The molecule has 0 N–H and O–H groups in total. The molecule has 0 spiro atoms. The predicted molar refractivity (Wildman–Crippen MR) is 60.6 cm³/mol. The third-order valence-corrected chi connectivity index (χ3v) is 3.35. The van der Waals surface area contributed by atoms with E-state index >= 15 is 0 Å². The van der Waals surface area contributed by atoms with E-state index in [0.29, 0.717) is 32.5 Å². The highest BCUT2D eigenvalue weighted by atomic mass is 16.5. The Balaban J connectivity index is 2.86. The molecule has 0 aromatic carbocycles. The summed E-state index contributed by atoms with van der Waals surface area (Å²) < 4.78 is 15.3. The number of esters is 1. The largest absolute Gasteiger partial charge is 0.468 e. The maximum atomic E-state index is 12.4. The van der Waals surface area contributed by atoms with Crippen LogP contribution in [0.1, 0.15) is 26.2 Å². The van der Waals surface area contributed by atoms with Crippen molar-refractivity contribution in [1.29, 1.82) is 0 Å². The molecule has 0 aliphatic carbocycles. The van der Waals surface area contributed by atoms with Crippen LogP contribution in [0.2, 0.25) is 0 Å². The summed E-state index contributed by atoms with van der Waals surface area (Å²) in [6.45, 7) is 2.76. The van der Waals surface area contributed by atoms with Gasteiger partial charge >= 0.3 is 5.97 Å². The Morgan fingerprint density at radius 3 is 2.29 bits per heavy atom. The van der Waals surface area contributed by atoms with Gasteiger partial charge in [0, 0.05) is 33.2 Å². The quantitative estimate of drug-likeness (QED) is 0.532. The Kier molecular flexibility index (Phi) is 5.08. The Bertz CT molecular complexity index is 281. The smallest absolute Gasteiger partial charge is 0.316 e. The number of rotatable bonds is 5. The SMILES string of the molecule is CCC(C(=O)OC)C(=O)C1(OC)CCOCC1. The van der Waals surface area contributed by atoms with Gasteiger partial charge in [0.05, 0.1) is 7.11 Å². The highest BCUT2D eigenvalue weighted by molar-refractivity contribution is 6.03. The lowest BCUT2D eigenvalue weighted by molar-refractivity contribution is -0.165. The van der Waals surface area contributed by atoms with Gasteiger partial charge in [-0.15, -0.1) is 0 Å². The van der Waals surface area contributed by atoms with Gasteiger partial charge in [-0.1, -0.05) is 6.92 Å². The number of methoxy groups -OCH3 is 2. The topological polar surface area (TPSA) is 61.8 Å². The zero-order valence-corrected chi connectivity index (χ0v) is 10.7. The molecule has 0 radical (unpaired) electrons. The Hall–Kier alpha value is -0.940. The first kappa shape index (κ1) is 14.1. The molecule has 1 saturated heterocycles. The molecule has 1 atom stereocenters. The van der Waals surface area contributed by atoms with E-state index in [9.17, 15) is 9.59 Å². The summed E-state index contributed by atoms with van der Waals surface area (Å²) in [5.74, 6) is -1.41. The van der Waals surface area contributed by atoms with Gasteiger partial charge in [-0.3, -0.25) is 9.59 Å². The lowest BCUT2D eigenvalue weighted by atomic mass is 9.81. The van der Waals surface area contributed by atoms with Gasteiger partial charge in [-0.05, 0) is 6.42 Å². The number of hydrogen-bond donors (Lipinski definition) is 0. The number of carbonyl (C=O) groups excluding carboxylic acids is 2. The Labute approximate surface area is 101 Å². The van der Waals surface area contributed by atoms with Crippen LogP contribution < -0.4 is 0 Å². The van der Waals surface area contributed by atoms with Crippen molar-refractivity contribution in [1.82, 2.24) is 0 Å². The molecule has 1 aliphatic heterocycles. The molecule has 1 fully saturated rings. The van der Waals surface area contributed by atoms with E-state index in [1.54, 1.807) is 6.92 Å². The van der Waals surface area contributed by atoms with Gasteiger partial charge in [-0.2, -0.15) is 0 Å². The Morgan fingerprint density at radius 2 is 1.88 bits per heavy atom. The average molecular weight is 244 g/mol. The van der Waals surface area contributed by atoms with Crippen molar-refractivity contribution >= 4 is 11.8 Å². The summed E-state index contributed by atoms with van der Waals surface area (Å²) in [7, 11) is 2.80. The zero-order chi connectivity index (χ0) is 12.9. The summed E-state index contributed by atoms with van der Waals surface area (Å²) >= 11 is 0. The van der Waals surface area contributed by atoms with Crippen LogP contribution in [0.5, 0.6) is 0 Å². The third-order valence-electron chi connectivity index (χ3n) is 3.35. The van der Waals surface area contributed by atoms with Crippen molar-refractivity contribution in [3.8, 4) is 0 Å². The maximum absolute atomic E-state index is 12.4. The van der Waals surface area contributed by atoms with Crippen LogP contribution in [0.15, 0.2) is 0 Å². The fourth-order valence-corrected chi connectivity index (χ4v) is 2.17. The molecule has 5 heteroatoms. The van der Waals surface area contributed by atoms with Crippen LogP contribution >= 0.6 is 0 Å². The first-order valence-corrected chi connectivity index (χ1v) is 5.86. The molecular formula is C12H20O5. The molecule has 0 saturated carbocycles. The van der Waals surface area contributed by atoms with Crippen LogP contribution in [0.3, 0.4) is 0 Å². The molecule has 0 aromatic rings. The van der Waals surface area contributed by atoms with Crippen LogP contribution in [0.25, 0.3) is 0 Å². The summed E-state index contributed by atoms with van der Waals surface area (Å²) in [5.41, 5.74) is -0.882. The van der Waals surface area contributed by atoms with Gasteiger partial charge in [0.25, 0.3) is 0 Å². The zero-order valence-electron chi connectivity index (χ0n) is 10.7. The summed E-state index contributed by atoms with van der Waals surface area (Å²) in [4.78, 5) is 24.0. The molecule has 5 nitrogen and oxygen atoms in total. The van der Waals surface area contributed by atoms with Crippen LogP contribution in [-0.2, 0) is 23.8 Å². The molecular weight excluding hydrogens is 224 g/mol. The summed E-state index contributed by atoms with van der Waals surface area (Å²) in [6.07, 6.45) is 1.42. The monoisotopic (exact) mass is 244 g/mol. The van der Waals surface area contributed by atoms with Gasteiger partial charge in [0.2, 0.25) is 0 Å². The summed E-state index contributed by atoms with van der Waals surface area (Å²) in [5, 5.41) is 0. The average Bonchev–Trinajstić information content (AvgIpc) is 2.39. The second-order valence-electron chi connectivity index (χ2n) is 4.16. The third kappa shape index (κ3) is 2.84. The lowest BCUT2D eigenvalue weighted by Crippen LogP contribution is -2.50. The number of carbonyl (C=O) groups is 2. The van der Waals surface area contributed by atoms with Crippen LogP contribution in [0.4, 0.5) is 0 Å². The molecule has 17 heavy (non-hydrogen) atoms. The molecule has 0 aromatic heterocycles. The molecule has 1 rings (SSSR count). The molecule has 98 valence electrons. The molecule has 1 aliphatic rings. The van der Waals surface area contributed by atoms with Gasteiger partial charge in [-0.25, -0.2) is 0 Å². The number of ketones is 1. The molecule has 1 heterocycles. The van der Waals surface area contributed by atoms with Crippen molar-refractivity contribution in [3.05, 3.63) is 0 Å². The van der Waals surface area contributed by atoms with E-state index < -0.39 is 17.5 Å². The highest BCUT2D eigenvalue weighted by Gasteiger charge is 2.45. The van der Waals surface area contributed by atoms with Gasteiger partial charge in [0.1, 0.15) is 11.5 Å². The number of Topliss-reactive ketones (excluding diaryl/α,β-unsaturated/α-hetero) is 1. The molecule has 0 amide bonds. The van der Waals surface area contributed by atoms with Gasteiger partial charge < -0.3 is 14.2 Å². The fourth-order valence-electron chi connectivity index (χ4n) is 2.17. The number of ether oxygens (including phenoxy) is 3. The van der Waals surface area contributed by atoms with Crippen LogP contribution in [-0.4, -0.2) is 44.8 Å². The van der Waals surface area contributed by atoms with Crippen molar-refractivity contribution < 1.29 is 23.8 Å². The lowest BCUT2D eigenvalue weighted by Gasteiger charge is -2.36.